The third-order valence-corrected chi connectivity index (χ3v) is 2.77. The van der Waals surface area contributed by atoms with Gasteiger partial charge >= 0.3 is 6.36 Å². The van der Waals surface area contributed by atoms with Crippen molar-refractivity contribution in [2.24, 2.45) is 7.05 Å². The molecule has 1 N–H and O–H groups in total. The molecule has 0 bridgehead atoms. The Hall–Kier alpha value is -1.76. The van der Waals surface area contributed by atoms with Gasteiger partial charge in [0, 0.05) is 13.2 Å². The van der Waals surface area contributed by atoms with Crippen LogP contribution in [0.25, 0.3) is 11.3 Å². The quantitative estimate of drug-likeness (QED) is 0.847. The lowest BCUT2D eigenvalue weighted by Crippen LogP contribution is -2.16. The highest BCUT2D eigenvalue weighted by Gasteiger charge is 2.30. The molecule has 0 aliphatic carbocycles. The lowest BCUT2D eigenvalue weighted by Gasteiger charge is -2.09. The zero-order valence-corrected chi connectivity index (χ0v) is 10.1. The standard InChI is InChI=1S/C11H9F3N2OS/c1-16-9(6-15-10(16)18)7-2-4-8(5-3-7)17-11(12,13)14/h2-6H,1H3,(H,15,18). The molecule has 18 heavy (non-hydrogen) atoms. The highest BCUT2D eigenvalue weighted by atomic mass is 32.1. The molecule has 0 saturated heterocycles. The van der Waals surface area contributed by atoms with Crippen LogP contribution < -0.4 is 4.74 Å². The van der Waals surface area contributed by atoms with E-state index in [0.717, 1.165) is 11.3 Å². The predicted octanol–water partition coefficient (Wildman–Crippen LogP) is 3.65. The van der Waals surface area contributed by atoms with Gasteiger partial charge in [0.25, 0.3) is 0 Å². The second-order valence-electron chi connectivity index (χ2n) is 3.61. The van der Waals surface area contributed by atoms with Crippen LogP contribution in [0, 0.1) is 4.77 Å². The SMILES string of the molecule is Cn1c(-c2ccc(OC(F)(F)F)cc2)c[nH]c1=S. The van der Waals surface area contributed by atoms with Gasteiger partial charge in [-0.25, -0.2) is 0 Å². The molecule has 0 fully saturated rings. The minimum Gasteiger partial charge on any atom is -0.406 e. The number of benzene rings is 1. The van der Waals surface area contributed by atoms with E-state index >= 15 is 0 Å². The van der Waals surface area contributed by atoms with Crippen LogP contribution >= 0.6 is 12.2 Å². The van der Waals surface area contributed by atoms with Crippen molar-refractivity contribution >= 4 is 12.2 Å². The number of H-pyrrole nitrogens is 1. The molecular formula is C11H9F3N2OS. The minimum atomic E-state index is -4.67. The molecule has 0 aliphatic heterocycles. The Labute approximate surface area is 106 Å². The maximum Gasteiger partial charge on any atom is 0.573 e. The summed E-state index contributed by atoms with van der Waals surface area (Å²) in [7, 11) is 1.77. The first-order chi connectivity index (χ1) is 8.37. The molecule has 1 heterocycles. The van der Waals surface area contributed by atoms with Crippen molar-refractivity contribution in [3.05, 3.63) is 35.2 Å². The average molecular weight is 274 g/mol. The number of alkyl halides is 3. The van der Waals surface area contributed by atoms with Gasteiger partial charge in [-0.1, -0.05) is 0 Å². The number of nitrogens with one attached hydrogen (secondary N) is 1. The highest BCUT2D eigenvalue weighted by Crippen LogP contribution is 2.26. The normalized spacial score (nSPS) is 11.6. The molecule has 1 aromatic heterocycles. The van der Waals surface area contributed by atoms with Gasteiger partial charge in [0.1, 0.15) is 5.75 Å². The molecule has 2 aromatic rings. The summed E-state index contributed by atoms with van der Waals surface area (Å²) in [6.45, 7) is 0. The van der Waals surface area contributed by atoms with E-state index in [1.54, 1.807) is 29.9 Å². The molecule has 0 amide bonds. The summed E-state index contributed by atoms with van der Waals surface area (Å²) in [4.78, 5) is 2.85. The maximum absolute atomic E-state index is 12.0. The third-order valence-electron chi connectivity index (χ3n) is 2.38. The third kappa shape index (κ3) is 2.73. The summed E-state index contributed by atoms with van der Waals surface area (Å²) in [6.07, 6.45) is -2.98. The second kappa shape index (κ2) is 4.49. The van der Waals surface area contributed by atoms with E-state index in [2.05, 4.69) is 9.72 Å². The topological polar surface area (TPSA) is 29.9 Å². The number of hydrogen-bond donors (Lipinski definition) is 1. The molecule has 1 aromatic carbocycles. The van der Waals surface area contributed by atoms with Gasteiger partial charge < -0.3 is 14.3 Å². The molecule has 3 nitrogen and oxygen atoms in total. The van der Waals surface area contributed by atoms with Crippen LogP contribution in [0.1, 0.15) is 0 Å². The van der Waals surface area contributed by atoms with Crippen molar-refractivity contribution in [2.75, 3.05) is 0 Å². The molecule has 0 saturated carbocycles. The van der Waals surface area contributed by atoms with E-state index in [4.69, 9.17) is 12.2 Å². The van der Waals surface area contributed by atoms with Crippen molar-refractivity contribution < 1.29 is 17.9 Å². The Bertz CT molecular complexity index is 598. The number of nitrogens with zero attached hydrogens (tertiary/aromatic N) is 1. The Balaban J connectivity index is 2.28. The van der Waals surface area contributed by atoms with Crippen molar-refractivity contribution in [1.82, 2.24) is 9.55 Å². The fourth-order valence-corrected chi connectivity index (χ4v) is 1.69. The van der Waals surface area contributed by atoms with Crippen LogP contribution in [0.3, 0.4) is 0 Å². The van der Waals surface area contributed by atoms with Gasteiger partial charge in [0.2, 0.25) is 0 Å². The van der Waals surface area contributed by atoms with E-state index in [-0.39, 0.29) is 5.75 Å². The lowest BCUT2D eigenvalue weighted by molar-refractivity contribution is -0.274. The number of imidazole rings is 1. The highest BCUT2D eigenvalue weighted by molar-refractivity contribution is 7.71. The largest absolute Gasteiger partial charge is 0.573 e. The Morgan fingerprint density at radius 1 is 1.22 bits per heavy atom. The van der Waals surface area contributed by atoms with Crippen LogP contribution in [0.2, 0.25) is 0 Å². The first kappa shape index (κ1) is 12.7. The Morgan fingerprint density at radius 3 is 2.28 bits per heavy atom. The molecule has 0 atom stereocenters. The average Bonchev–Trinajstić information content (AvgIpc) is 2.59. The van der Waals surface area contributed by atoms with Gasteiger partial charge in [-0.05, 0) is 42.0 Å². The van der Waals surface area contributed by atoms with Crippen LogP contribution in [0.15, 0.2) is 30.5 Å². The van der Waals surface area contributed by atoms with Crippen LogP contribution in [-0.4, -0.2) is 15.9 Å². The number of ether oxygens (including phenoxy) is 1. The van der Waals surface area contributed by atoms with Crippen molar-refractivity contribution in [1.29, 1.82) is 0 Å². The fourth-order valence-electron chi connectivity index (χ4n) is 1.54. The predicted molar refractivity (Wildman–Crippen MR) is 62.7 cm³/mol. The molecule has 96 valence electrons. The number of aromatic amines is 1. The fraction of sp³-hybridized carbons (Fsp3) is 0.182. The monoisotopic (exact) mass is 274 g/mol. The first-order valence-corrected chi connectivity index (χ1v) is 5.38. The van der Waals surface area contributed by atoms with E-state index < -0.39 is 6.36 Å². The van der Waals surface area contributed by atoms with Gasteiger partial charge in [-0.3, -0.25) is 0 Å². The molecule has 0 spiro atoms. The lowest BCUT2D eigenvalue weighted by atomic mass is 10.1. The van der Waals surface area contributed by atoms with Crippen LogP contribution in [0.4, 0.5) is 13.2 Å². The van der Waals surface area contributed by atoms with Crippen LogP contribution in [0.5, 0.6) is 5.75 Å². The summed E-state index contributed by atoms with van der Waals surface area (Å²) < 4.78 is 42.0. The summed E-state index contributed by atoms with van der Waals surface area (Å²) in [5.74, 6) is -0.247. The zero-order chi connectivity index (χ0) is 13.3. The van der Waals surface area contributed by atoms with Crippen LogP contribution in [-0.2, 0) is 7.05 Å². The number of hydrogen-bond acceptors (Lipinski definition) is 2. The summed E-state index contributed by atoms with van der Waals surface area (Å²) >= 11 is 5.01. The number of halogens is 3. The first-order valence-electron chi connectivity index (χ1n) is 4.97. The smallest absolute Gasteiger partial charge is 0.406 e. The molecule has 0 radical (unpaired) electrons. The number of aromatic nitrogens is 2. The van der Waals surface area contributed by atoms with E-state index in [1.807, 2.05) is 0 Å². The van der Waals surface area contributed by atoms with E-state index in [9.17, 15) is 13.2 Å². The van der Waals surface area contributed by atoms with Gasteiger partial charge in [-0.15, -0.1) is 13.2 Å². The molecule has 0 unspecified atom stereocenters. The van der Waals surface area contributed by atoms with Gasteiger partial charge in [0.05, 0.1) is 5.69 Å². The molecule has 2 rings (SSSR count). The zero-order valence-electron chi connectivity index (χ0n) is 9.28. The van der Waals surface area contributed by atoms with Gasteiger partial charge in [0.15, 0.2) is 4.77 Å². The van der Waals surface area contributed by atoms with Crippen molar-refractivity contribution in [2.45, 2.75) is 6.36 Å². The maximum atomic E-state index is 12.0. The minimum absolute atomic E-state index is 0.247. The summed E-state index contributed by atoms with van der Waals surface area (Å²) in [5.41, 5.74) is 1.54. The molecule has 0 aliphatic rings. The summed E-state index contributed by atoms with van der Waals surface area (Å²) in [6, 6.07) is 5.61. The molecule has 7 heteroatoms. The Kier molecular flexibility index (Phi) is 3.16. The van der Waals surface area contributed by atoms with E-state index in [1.165, 1.54) is 12.1 Å². The Morgan fingerprint density at radius 2 is 1.83 bits per heavy atom. The summed E-state index contributed by atoms with van der Waals surface area (Å²) in [5, 5.41) is 0. The second-order valence-corrected chi connectivity index (χ2v) is 4.00. The molecular weight excluding hydrogens is 265 g/mol. The van der Waals surface area contributed by atoms with Crippen molar-refractivity contribution in [3.8, 4) is 17.0 Å². The van der Waals surface area contributed by atoms with Gasteiger partial charge in [-0.2, -0.15) is 0 Å². The number of rotatable bonds is 2. The van der Waals surface area contributed by atoms with E-state index in [0.29, 0.717) is 4.77 Å². The van der Waals surface area contributed by atoms with Crippen molar-refractivity contribution in [3.63, 3.8) is 0 Å².